The number of aryl methyl sites for hydroxylation is 2. The van der Waals surface area contributed by atoms with Gasteiger partial charge in [-0.15, -0.1) is 11.3 Å². The molecule has 19 heteroatoms. The predicted molar refractivity (Wildman–Crippen MR) is 330 cm³/mol. The zero-order chi connectivity index (χ0) is 58.9. The topological polar surface area (TPSA) is 187 Å². The Bertz CT molecular complexity index is 3490. The summed E-state index contributed by atoms with van der Waals surface area (Å²) in [6, 6.07) is 21.0. The van der Waals surface area contributed by atoms with Crippen molar-refractivity contribution in [2.45, 2.75) is 154 Å². The Balaban J connectivity index is 0.000000358. The third kappa shape index (κ3) is 12.2. The molecule has 4 aromatic heterocycles. The summed E-state index contributed by atoms with van der Waals surface area (Å²) < 4.78 is 36.0. The Kier molecular flexibility index (Phi) is 17.4. The average molecular weight is 1180 g/mol. The van der Waals surface area contributed by atoms with Crippen molar-refractivity contribution >= 4 is 51.1 Å². The Morgan fingerprint density at radius 3 is 2.47 bits per heavy atom. The van der Waals surface area contributed by atoms with Gasteiger partial charge in [0.1, 0.15) is 35.3 Å². The lowest BCUT2D eigenvalue weighted by Gasteiger charge is -2.38. The first-order valence-corrected chi connectivity index (χ1v) is 32.0. The molecule has 17 nitrogen and oxygen atoms in total. The summed E-state index contributed by atoms with van der Waals surface area (Å²) in [6.45, 7) is 19.8. The number of phenols is 1. The second kappa shape index (κ2) is 25.3. The number of carbonyl (C=O) groups excluding carboxylic acids is 2. The number of hydrogen-bond acceptors (Lipinski definition) is 16. The molecule has 7 unspecified atom stereocenters. The highest BCUT2D eigenvalue weighted by Gasteiger charge is 2.50. The summed E-state index contributed by atoms with van der Waals surface area (Å²) >= 11 is 1.64. The number of piperazine rings is 1. The predicted octanol–water partition coefficient (Wildman–Crippen LogP) is 11.0. The van der Waals surface area contributed by atoms with Crippen molar-refractivity contribution in [3.63, 3.8) is 0 Å². The van der Waals surface area contributed by atoms with Gasteiger partial charge >= 0.3 is 6.01 Å². The van der Waals surface area contributed by atoms with Crippen LogP contribution in [0.1, 0.15) is 133 Å². The number of phenolic OH excluding ortho intramolecular Hbond substituents is 1. The number of nitrogens with one attached hydrogen (secondary N) is 2. The van der Waals surface area contributed by atoms with Crippen LogP contribution in [0.3, 0.4) is 0 Å². The summed E-state index contributed by atoms with van der Waals surface area (Å²) in [4.78, 5) is 53.6. The SMILES string of the molecule is CCc1cccc2cc(O)cc(-c3ncc4c(N5CC6CCC(C5)N6)nc(OCC56CCCN5C(CN5CCC(COc7cc(C(C(=O)N8CCCC8C)C(C)C)on7)CC5)CC6)nc4c3F)c12.Cc1ncsc1-c1ccc(C(C)NC=O)cc1. The smallest absolute Gasteiger partial charge is 0.319 e. The first-order chi connectivity index (χ1) is 41.3. The molecular formula is C66H82FN11O6S. The molecule has 2 amide bonds. The van der Waals surface area contributed by atoms with Crippen LogP contribution in [0.15, 0.2) is 76.9 Å². The summed E-state index contributed by atoms with van der Waals surface area (Å²) in [5.41, 5.74) is 7.02. The minimum absolute atomic E-state index is 0.0455. The van der Waals surface area contributed by atoms with Crippen LogP contribution in [0, 0.1) is 24.6 Å². The number of rotatable bonds is 18. The van der Waals surface area contributed by atoms with Crippen LogP contribution < -0.4 is 25.0 Å². The van der Waals surface area contributed by atoms with E-state index in [0.29, 0.717) is 65.7 Å². The standard InChI is InChI=1S/C53H68FN9O5.C13H14N2OS/c1-5-35-10-6-11-36-23-40(64)24-41(46(35)36)48-47(54)49-42(26-55-48)50(61-27-37-12-13-38(28-61)56-37)58-52(57-49)67-31-53-17-8-20-63(53)39(14-18-53)29-60-21-15-34(16-22-60)30-66-44-25-43(68-59-44)45(32(2)3)51(65)62-19-7-9-33(62)4;1-9(14-7-16)11-3-5-12(6-4-11)13-10(2)15-8-17-13/h6,10-11,23-26,32-34,37-39,45,56,64H,5,7-9,12-22,27-31H2,1-4H3;3-9H,1-2H3,(H,14,16). The molecule has 85 heavy (non-hydrogen) atoms. The van der Waals surface area contributed by atoms with E-state index < -0.39 is 5.82 Å². The van der Waals surface area contributed by atoms with Gasteiger partial charge in [0.25, 0.3) is 5.88 Å². The molecule has 0 saturated carbocycles. The second-order valence-corrected chi connectivity index (χ2v) is 26.0. The number of benzene rings is 3. The molecule has 6 saturated heterocycles. The molecule has 6 fully saturated rings. The van der Waals surface area contributed by atoms with E-state index >= 15 is 4.39 Å². The fourth-order valence-corrected chi connectivity index (χ4v) is 15.5. The molecule has 450 valence electrons. The van der Waals surface area contributed by atoms with E-state index in [1.807, 2.05) is 60.7 Å². The molecule has 3 aromatic carbocycles. The Labute approximate surface area is 502 Å². The van der Waals surface area contributed by atoms with Gasteiger partial charge in [-0.25, -0.2) is 9.37 Å². The van der Waals surface area contributed by atoms with Crippen LogP contribution in [0.4, 0.5) is 10.2 Å². The number of halogens is 1. The maximum absolute atomic E-state index is 17.3. The lowest BCUT2D eigenvalue weighted by Crippen LogP contribution is -2.51. The molecule has 0 spiro atoms. The molecule has 3 N–H and O–H groups in total. The van der Waals surface area contributed by atoms with Gasteiger partial charge in [-0.2, -0.15) is 9.97 Å². The number of aromatic nitrogens is 5. The third-order valence-electron chi connectivity index (χ3n) is 19.3. The molecular weight excluding hydrogens is 1090 g/mol. The van der Waals surface area contributed by atoms with Gasteiger partial charge in [-0.05, 0) is 168 Å². The van der Waals surface area contributed by atoms with E-state index in [1.54, 1.807) is 29.7 Å². The number of ether oxygens (including phenoxy) is 2. The van der Waals surface area contributed by atoms with Crippen LogP contribution in [0.25, 0.3) is 43.4 Å². The molecule has 2 bridgehead atoms. The zero-order valence-electron chi connectivity index (χ0n) is 50.1. The van der Waals surface area contributed by atoms with E-state index in [4.69, 9.17) is 28.9 Å². The van der Waals surface area contributed by atoms with Gasteiger partial charge in [0.15, 0.2) is 11.6 Å². The quantitative estimate of drug-likeness (QED) is 0.0688. The van der Waals surface area contributed by atoms with Crippen LogP contribution in [0.2, 0.25) is 0 Å². The lowest BCUT2D eigenvalue weighted by molar-refractivity contribution is -0.135. The maximum Gasteiger partial charge on any atom is 0.319 e. The summed E-state index contributed by atoms with van der Waals surface area (Å²) in [5, 5.41) is 23.8. The Hall–Kier alpha value is -6.80. The normalized spacial score (nSPS) is 23.3. The maximum atomic E-state index is 17.3. The number of piperidine rings is 1. The van der Waals surface area contributed by atoms with Crippen molar-refractivity contribution in [1.29, 1.82) is 0 Å². The number of anilines is 1. The highest BCUT2D eigenvalue weighted by atomic mass is 32.1. The molecule has 6 aliphatic heterocycles. The van der Waals surface area contributed by atoms with Gasteiger partial charge in [0.2, 0.25) is 12.3 Å². The van der Waals surface area contributed by atoms with Crippen molar-refractivity contribution in [3.05, 3.63) is 101 Å². The number of likely N-dealkylation sites (tertiary alicyclic amines) is 2. The van der Waals surface area contributed by atoms with Crippen molar-refractivity contribution in [2.75, 3.05) is 63.9 Å². The van der Waals surface area contributed by atoms with Crippen LogP contribution in [0.5, 0.6) is 17.6 Å². The van der Waals surface area contributed by atoms with Crippen LogP contribution in [-0.2, 0) is 16.0 Å². The minimum atomic E-state index is -0.536. The second-order valence-electron chi connectivity index (χ2n) is 25.2. The van der Waals surface area contributed by atoms with Gasteiger partial charge in [0, 0.05) is 68.2 Å². The highest BCUT2D eigenvalue weighted by Crippen LogP contribution is 2.45. The fraction of sp³-hybridized carbons (Fsp3) is 0.530. The number of hydrogen-bond donors (Lipinski definition) is 3. The van der Waals surface area contributed by atoms with E-state index in [-0.39, 0.29) is 58.3 Å². The van der Waals surface area contributed by atoms with Crippen LogP contribution in [-0.4, -0.2) is 146 Å². The van der Waals surface area contributed by atoms with Crippen LogP contribution >= 0.6 is 11.3 Å². The summed E-state index contributed by atoms with van der Waals surface area (Å²) in [5.74, 6) is 1.54. The number of thiazole rings is 1. The fourth-order valence-electron chi connectivity index (χ4n) is 14.7. The van der Waals surface area contributed by atoms with Gasteiger partial charge in [-0.1, -0.05) is 63.2 Å². The zero-order valence-corrected chi connectivity index (χ0v) is 50.9. The number of nitrogens with zero attached hydrogens (tertiary/aromatic N) is 9. The third-order valence-corrected chi connectivity index (χ3v) is 20.3. The van der Waals surface area contributed by atoms with Crippen molar-refractivity contribution in [3.8, 4) is 39.3 Å². The van der Waals surface area contributed by atoms with Crippen molar-refractivity contribution in [2.24, 2.45) is 11.8 Å². The van der Waals surface area contributed by atoms with E-state index in [2.05, 4.69) is 75.3 Å². The molecule has 7 aromatic rings. The summed E-state index contributed by atoms with van der Waals surface area (Å²) in [6.07, 6.45) is 13.9. The first-order valence-electron chi connectivity index (χ1n) is 31.1. The van der Waals surface area contributed by atoms with Crippen molar-refractivity contribution in [1.82, 2.24) is 50.4 Å². The number of carbonyl (C=O) groups is 2. The molecule has 13 rings (SSSR count). The lowest BCUT2D eigenvalue weighted by atomic mass is 9.91. The van der Waals surface area contributed by atoms with E-state index in [9.17, 15) is 14.7 Å². The Morgan fingerprint density at radius 2 is 1.75 bits per heavy atom. The van der Waals surface area contributed by atoms with E-state index in [0.717, 1.165) is 150 Å². The number of aromatic hydroxyl groups is 1. The highest BCUT2D eigenvalue weighted by molar-refractivity contribution is 7.13. The van der Waals surface area contributed by atoms with Gasteiger partial charge < -0.3 is 44.4 Å². The van der Waals surface area contributed by atoms with Crippen molar-refractivity contribution < 1.29 is 33.1 Å². The van der Waals surface area contributed by atoms with Gasteiger partial charge in [-0.3, -0.25) is 19.5 Å². The molecule has 10 heterocycles. The average Bonchev–Trinajstić information content (AvgIpc) is 2.12. The minimum Gasteiger partial charge on any atom is -0.508 e. The molecule has 7 atom stereocenters. The number of fused-ring (bicyclic) bond motifs is 5. The molecule has 0 radical (unpaired) electrons. The Morgan fingerprint density at radius 1 is 0.953 bits per heavy atom. The van der Waals surface area contributed by atoms with Gasteiger partial charge in [0.05, 0.1) is 39.7 Å². The monoisotopic (exact) mass is 1180 g/mol. The largest absolute Gasteiger partial charge is 0.508 e. The first kappa shape index (κ1) is 58.6. The summed E-state index contributed by atoms with van der Waals surface area (Å²) in [7, 11) is 0. The number of amides is 2. The number of pyridine rings is 1. The molecule has 6 aliphatic rings. The van der Waals surface area contributed by atoms with E-state index in [1.165, 1.54) is 10.4 Å². The molecule has 0 aliphatic carbocycles.